The molecule has 4 aromatic carbocycles. The quantitative estimate of drug-likeness (QED) is 0.0666. The second-order valence-electron chi connectivity index (χ2n) is 11.5. The van der Waals surface area contributed by atoms with Crippen LogP contribution in [0, 0.1) is 0 Å². The van der Waals surface area contributed by atoms with Gasteiger partial charge >= 0.3 is 0 Å². The van der Waals surface area contributed by atoms with Gasteiger partial charge in [-0.15, -0.1) is 0 Å². The molecule has 6 aromatic rings. The minimum atomic E-state index is -5.00. The van der Waals surface area contributed by atoms with Gasteiger partial charge in [0.1, 0.15) is 19.6 Å². The van der Waals surface area contributed by atoms with Crippen LogP contribution in [0.2, 0.25) is 10.6 Å². The fourth-order valence-corrected chi connectivity index (χ4v) is 8.18. The van der Waals surface area contributed by atoms with Crippen molar-refractivity contribution in [2.75, 3.05) is 10.6 Å². The Morgan fingerprint density at radius 1 is 0.448 bits per heavy atom. The lowest BCUT2D eigenvalue weighted by Gasteiger charge is -2.11. The zero-order valence-electron chi connectivity index (χ0n) is 28.4. The molecule has 0 atom stereocenters. The Kier molecular flexibility index (Phi) is 11.6. The molecule has 0 aliphatic carbocycles. The molecular formula is C32H22Cl2N8O12S4. The van der Waals surface area contributed by atoms with Crippen LogP contribution in [0.5, 0.6) is 0 Å². The first-order valence-corrected chi connectivity index (χ1v) is 22.0. The van der Waals surface area contributed by atoms with Gasteiger partial charge in [0, 0.05) is 11.1 Å². The summed E-state index contributed by atoms with van der Waals surface area (Å²) in [6, 6.07) is 17.4. The Morgan fingerprint density at radius 3 is 1.14 bits per heavy atom. The maximum Gasteiger partial charge on any atom is 0.296 e. The highest BCUT2D eigenvalue weighted by Gasteiger charge is 2.22. The number of hydrogen-bond donors (Lipinski definition) is 6. The molecule has 2 aromatic heterocycles. The van der Waals surface area contributed by atoms with E-state index < -0.39 is 70.6 Å². The molecule has 0 aliphatic rings. The number of benzene rings is 4. The summed E-state index contributed by atoms with van der Waals surface area (Å²) in [5.74, 6) is -1.09. The summed E-state index contributed by atoms with van der Waals surface area (Å²) in [5, 5.41) is 4.37. The number of para-hydroxylation sites is 2. The van der Waals surface area contributed by atoms with Crippen LogP contribution < -0.4 is 10.6 Å². The van der Waals surface area contributed by atoms with E-state index in [0.717, 1.165) is 36.4 Å². The molecule has 0 fully saturated rings. The van der Waals surface area contributed by atoms with Crippen LogP contribution in [0.15, 0.2) is 105 Å². The highest BCUT2D eigenvalue weighted by Crippen LogP contribution is 2.31. The van der Waals surface area contributed by atoms with Crippen molar-refractivity contribution in [2.24, 2.45) is 0 Å². The summed E-state index contributed by atoms with van der Waals surface area (Å²) in [6.45, 7) is 0. The number of hydrogen-bond acceptors (Lipinski definition) is 16. The average molecular weight is 910 g/mol. The van der Waals surface area contributed by atoms with Gasteiger partial charge < -0.3 is 10.6 Å². The minimum absolute atomic E-state index is 0.0329. The van der Waals surface area contributed by atoms with Crippen molar-refractivity contribution in [3.05, 3.63) is 107 Å². The van der Waals surface area contributed by atoms with E-state index in [1.807, 2.05) is 0 Å². The number of aromatic nitrogens is 6. The first-order chi connectivity index (χ1) is 27.1. The van der Waals surface area contributed by atoms with Gasteiger partial charge in [-0.1, -0.05) is 60.7 Å². The average Bonchev–Trinajstić information content (AvgIpc) is 3.12. The summed E-state index contributed by atoms with van der Waals surface area (Å²) in [4.78, 5) is 21.5. The van der Waals surface area contributed by atoms with Crippen LogP contribution in [0.1, 0.15) is 11.1 Å². The monoisotopic (exact) mass is 908 g/mol. The standard InChI is InChI=1S/C32H22Cl2N8O12S4/c33-29-37-27(39-31(41-29)35-21-5-1-3-7-23(21)55(43,44)45)19-13-11-17(25(15-19)57(49,50)51)9-10-18-12-14-20(16-26(18)58(52,53)54)28-38-30(34)42-32(40-28)36-22-6-2-4-8-24(22)56(46,47)48/h1-16H,(H,43,44,45)(H,46,47,48)(H,49,50,51)(H,52,53,54)(H,35,37,39,41)(H,36,38,40,42)/b10-9+. The molecule has 0 spiro atoms. The van der Waals surface area contributed by atoms with Gasteiger partial charge in [-0.3, -0.25) is 18.2 Å². The second-order valence-corrected chi connectivity index (χ2v) is 17.7. The van der Waals surface area contributed by atoms with Crippen molar-refractivity contribution in [3.63, 3.8) is 0 Å². The van der Waals surface area contributed by atoms with Crippen molar-refractivity contribution in [1.82, 2.24) is 29.9 Å². The highest BCUT2D eigenvalue weighted by atomic mass is 35.5. The molecule has 0 saturated carbocycles. The first kappa shape index (κ1) is 42.1. The molecule has 0 saturated heterocycles. The van der Waals surface area contributed by atoms with E-state index in [9.17, 15) is 51.9 Å². The van der Waals surface area contributed by atoms with Gasteiger partial charge in [0.15, 0.2) is 11.6 Å². The van der Waals surface area contributed by atoms with Gasteiger partial charge in [-0.05, 0) is 70.7 Å². The molecule has 0 aliphatic heterocycles. The Hall–Kier alpha value is -5.54. The van der Waals surface area contributed by atoms with E-state index in [-0.39, 0.29) is 57.2 Å². The van der Waals surface area contributed by atoms with Gasteiger partial charge in [0.2, 0.25) is 22.5 Å². The summed E-state index contributed by atoms with van der Waals surface area (Å²) in [7, 11) is -19.4. The van der Waals surface area contributed by atoms with E-state index in [1.54, 1.807) is 0 Å². The van der Waals surface area contributed by atoms with Crippen LogP contribution in [0.3, 0.4) is 0 Å². The Morgan fingerprint density at radius 2 is 0.793 bits per heavy atom. The number of rotatable bonds is 12. The van der Waals surface area contributed by atoms with Gasteiger partial charge in [-0.25, -0.2) is 0 Å². The lowest BCUT2D eigenvalue weighted by molar-refractivity contribution is 0.480. The maximum absolute atomic E-state index is 12.6. The Balaban J connectivity index is 1.34. The number of halogens is 2. The zero-order chi connectivity index (χ0) is 42.2. The third kappa shape index (κ3) is 9.94. The first-order valence-electron chi connectivity index (χ1n) is 15.5. The van der Waals surface area contributed by atoms with Crippen LogP contribution in [-0.2, 0) is 40.5 Å². The summed E-state index contributed by atoms with van der Waals surface area (Å²) < 4.78 is 137. The summed E-state index contributed by atoms with van der Waals surface area (Å²) in [5.41, 5.74) is -0.685. The fraction of sp³-hybridized carbons (Fsp3) is 0. The van der Waals surface area contributed by atoms with Crippen molar-refractivity contribution in [2.45, 2.75) is 19.6 Å². The fourth-order valence-electron chi connectivity index (χ4n) is 5.15. The molecule has 2 heterocycles. The van der Waals surface area contributed by atoms with E-state index in [1.165, 1.54) is 60.7 Å². The topological polar surface area (TPSA) is 319 Å². The molecule has 0 unspecified atom stereocenters. The predicted octanol–water partition coefficient (Wildman–Crippen LogP) is 5.34. The molecule has 58 heavy (non-hydrogen) atoms. The van der Waals surface area contributed by atoms with Gasteiger partial charge in [-0.2, -0.15) is 63.6 Å². The maximum atomic E-state index is 12.6. The molecule has 0 amide bonds. The smallest absolute Gasteiger partial charge is 0.296 e. The van der Waals surface area contributed by atoms with Crippen LogP contribution >= 0.6 is 23.2 Å². The second kappa shape index (κ2) is 16.0. The van der Waals surface area contributed by atoms with E-state index in [0.29, 0.717) is 0 Å². The van der Waals surface area contributed by atoms with E-state index in [4.69, 9.17) is 23.2 Å². The predicted molar refractivity (Wildman–Crippen MR) is 208 cm³/mol. The van der Waals surface area contributed by atoms with Crippen molar-refractivity contribution < 1.29 is 51.9 Å². The van der Waals surface area contributed by atoms with Gasteiger partial charge in [0.25, 0.3) is 40.5 Å². The lowest BCUT2D eigenvalue weighted by atomic mass is 10.1. The molecule has 20 nitrogen and oxygen atoms in total. The van der Waals surface area contributed by atoms with Crippen molar-refractivity contribution >= 4 is 99.1 Å². The minimum Gasteiger partial charge on any atom is -0.323 e. The molecule has 0 bridgehead atoms. The molecule has 300 valence electrons. The zero-order valence-corrected chi connectivity index (χ0v) is 33.1. The van der Waals surface area contributed by atoms with Crippen molar-refractivity contribution in [1.29, 1.82) is 0 Å². The van der Waals surface area contributed by atoms with Crippen LogP contribution in [-0.4, -0.2) is 81.8 Å². The van der Waals surface area contributed by atoms with Gasteiger partial charge in [0.05, 0.1) is 11.4 Å². The van der Waals surface area contributed by atoms with Crippen LogP contribution in [0.4, 0.5) is 23.3 Å². The Labute approximate surface area is 338 Å². The number of nitrogens with one attached hydrogen (secondary N) is 2. The molecule has 0 radical (unpaired) electrons. The number of anilines is 4. The largest absolute Gasteiger partial charge is 0.323 e. The normalized spacial score (nSPS) is 12.4. The molecule has 6 N–H and O–H groups in total. The molecule has 6 rings (SSSR count). The SMILES string of the molecule is O=S(=O)(O)c1cc(-c2nc(Cl)nc(Nc3ccccc3S(=O)(=O)O)n2)ccc1/C=C/c1ccc(-c2nc(Cl)nc(Nc3ccccc3S(=O)(=O)O)n2)cc1S(=O)(=O)O. The third-order valence-electron chi connectivity index (χ3n) is 7.58. The Bertz CT molecular complexity index is 2910. The highest BCUT2D eigenvalue weighted by molar-refractivity contribution is 7.86. The summed E-state index contributed by atoms with van der Waals surface area (Å²) in [6.07, 6.45) is 2.23. The van der Waals surface area contributed by atoms with E-state index >= 15 is 0 Å². The molecule has 26 heteroatoms. The van der Waals surface area contributed by atoms with Crippen molar-refractivity contribution in [3.8, 4) is 22.8 Å². The summed E-state index contributed by atoms with van der Waals surface area (Å²) >= 11 is 12.2. The number of nitrogens with zero attached hydrogens (tertiary/aromatic N) is 6. The third-order valence-corrected chi connectivity index (χ3v) is 11.6. The van der Waals surface area contributed by atoms with Crippen LogP contribution in [0.25, 0.3) is 34.9 Å². The molecular weight excluding hydrogens is 888 g/mol. The van der Waals surface area contributed by atoms with E-state index in [2.05, 4.69) is 40.5 Å². The lowest BCUT2D eigenvalue weighted by Crippen LogP contribution is -2.07.